The Morgan fingerprint density at radius 2 is 2.28 bits per heavy atom. The second-order valence-corrected chi connectivity index (χ2v) is 5.02. The molecule has 106 valence electrons. The number of ether oxygens (including phenoxy) is 2. The van der Waals surface area contributed by atoms with Gasteiger partial charge in [-0.15, -0.1) is 11.6 Å². The van der Waals surface area contributed by atoms with Crippen molar-refractivity contribution in [2.45, 2.75) is 38.2 Å². The molecule has 1 fully saturated rings. The molecule has 0 aromatic rings. The van der Waals surface area contributed by atoms with Crippen molar-refractivity contribution in [3.05, 3.63) is 0 Å². The molecule has 1 rings (SSSR count). The van der Waals surface area contributed by atoms with E-state index < -0.39 is 0 Å². The minimum absolute atomic E-state index is 0.165. The van der Waals surface area contributed by atoms with Gasteiger partial charge in [0, 0.05) is 32.5 Å². The number of carbonyl (C=O) groups excluding carboxylic acids is 1. The number of likely N-dealkylation sites (N-methyl/N-ethyl adjacent to an activating group) is 1. The topological polar surface area (TPSA) is 38.8 Å². The second kappa shape index (κ2) is 9.59. The molecule has 1 amide bonds. The number of alkyl halides is 1. The lowest BCUT2D eigenvalue weighted by atomic mass is 10.0. The van der Waals surface area contributed by atoms with E-state index in [9.17, 15) is 4.79 Å². The first-order valence-electron chi connectivity index (χ1n) is 6.73. The Morgan fingerprint density at radius 1 is 1.44 bits per heavy atom. The van der Waals surface area contributed by atoms with E-state index in [4.69, 9.17) is 21.1 Å². The smallest absolute Gasteiger partial charge is 0.222 e. The van der Waals surface area contributed by atoms with Gasteiger partial charge >= 0.3 is 0 Å². The number of nitrogens with zero attached hydrogens (tertiary/aromatic N) is 1. The molecule has 4 nitrogen and oxygen atoms in total. The van der Waals surface area contributed by atoms with Crippen LogP contribution in [-0.2, 0) is 14.3 Å². The minimum Gasteiger partial charge on any atom is -0.378 e. The summed E-state index contributed by atoms with van der Waals surface area (Å²) in [6.45, 7) is 2.57. The van der Waals surface area contributed by atoms with Gasteiger partial charge in [-0.3, -0.25) is 4.79 Å². The number of hydrogen-bond donors (Lipinski definition) is 0. The fourth-order valence-electron chi connectivity index (χ4n) is 1.99. The predicted molar refractivity (Wildman–Crippen MR) is 72.0 cm³/mol. The molecule has 0 N–H and O–H groups in total. The van der Waals surface area contributed by atoms with Gasteiger partial charge in [-0.2, -0.15) is 0 Å². The summed E-state index contributed by atoms with van der Waals surface area (Å²) in [5.41, 5.74) is 0. The second-order valence-electron chi connectivity index (χ2n) is 4.64. The van der Waals surface area contributed by atoms with Crippen LogP contribution < -0.4 is 0 Å². The fourth-order valence-corrected chi connectivity index (χ4v) is 2.10. The molecule has 1 aliphatic rings. The maximum atomic E-state index is 11.8. The summed E-state index contributed by atoms with van der Waals surface area (Å²) in [4.78, 5) is 13.6. The number of amides is 1. The van der Waals surface area contributed by atoms with Crippen LogP contribution in [0.3, 0.4) is 0 Å². The van der Waals surface area contributed by atoms with Crippen LogP contribution in [0.5, 0.6) is 0 Å². The lowest BCUT2D eigenvalue weighted by Crippen LogP contribution is -2.31. The molecule has 0 radical (unpaired) electrons. The lowest BCUT2D eigenvalue weighted by Gasteiger charge is -2.23. The largest absolute Gasteiger partial charge is 0.378 e. The molecule has 18 heavy (non-hydrogen) atoms. The van der Waals surface area contributed by atoms with E-state index in [2.05, 4.69) is 0 Å². The van der Waals surface area contributed by atoms with E-state index in [1.54, 1.807) is 4.90 Å². The SMILES string of the molecule is CN(CCOCCCl)C(=O)CCC1CCCCO1. The van der Waals surface area contributed by atoms with Crippen molar-refractivity contribution in [2.75, 3.05) is 39.3 Å². The number of halogens is 1. The van der Waals surface area contributed by atoms with Gasteiger partial charge < -0.3 is 14.4 Å². The van der Waals surface area contributed by atoms with Gasteiger partial charge in [0.25, 0.3) is 0 Å². The van der Waals surface area contributed by atoms with E-state index in [1.165, 1.54) is 6.42 Å². The maximum Gasteiger partial charge on any atom is 0.222 e. The van der Waals surface area contributed by atoms with E-state index in [0.29, 0.717) is 32.1 Å². The number of hydrogen-bond acceptors (Lipinski definition) is 3. The first-order chi connectivity index (χ1) is 8.74. The summed E-state index contributed by atoms with van der Waals surface area (Å²) in [7, 11) is 1.81. The highest BCUT2D eigenvalue weighted by molar-refractivity contribution is 6.17. The molecular formula is C13H24ClNO3. The van der Waals surface area contributed by atoms with Crippen LogP contribution in [-0.4, -0.2) is 56.2 Å². The average molecular weight is 278 g/mol. The van der Waals surface area contributed by atoms with E-state index >= 15 is 0 Å². The van der Waals surface area contributed by atoms with E-state index in [0.717, 1.165) is 25.9 Å². The van der Waals surface area contributed by atoms with Crippen LogP contribution >= 0.6 is 11.6 Å². The Bertz CT molecular complexity index is 232. The third kappa shape index (κ3) is 6.57. The molecule has 5 heteroatoms. The van der Waals surface area contributed by atoms with Crippen molar-refractivity contribution in [3.8, 4) is 0 Å². The summed E-state index contributed by atoms with van der Waals surface area (Å²) in [6.07, 6.45) is 5.16. The molecule has 1 atom stereocenters. The van der Waals surface area contributed by atoms with Crippen LogP contribution in [0.4, 0.5) is 0 Å². The van der Waals surface area contributed by atoms with Gasteiger partial charge in [-0.05, 0) is 25.7 Å². The predicted octanol–water partition coefficient (Wildman–Crippen LogP) is 2.05. The Hall–Kier alpha value is -0.320. The van der Waals surface area contributed by atoms with Gasteiger partial charge in [0.1, 0.15) is 0 Å². The minimum atomic E-state index is 0.165. The Balaban J connectivity index is 2.07. The first-order valence-corrected chi connectivity index (χ1v) is 7.26. The van der Waals surface area contributed by atoms with Crippen LogP contribution in [0.15, 0.2) is 0 Å². The highest BCUT2D eigenvalue weighted by atomic mass is 35.5. The monoisotopic (exact) mass is 277 g/mol. The number of rotatable bonds is 8. The van der Waals surface area contributed by atoms with Gasteiger partial charge in [-0.25, -0.2) is 0 Å². The third-order valence-corrected chi connectivity index (χ3v) is 3.33. The molecule has 0 bridgehead atoms. The molecule has 1 unspecified atom stereocenters. The molecule has 0 aliphatic carbocycles. The van der Waals surface area contributed by atoms with E-state index in [-0.39, 0.29) is 12.0 Å². The molecular weight excluding hydrogens is 254 g/mol. The first kappa shape index (κ1) is 15.7. The van der Waals surface area contributed by atoms with E-state index in [1.807, 2.05) is 7.05 Å². The summed E-state index contributed by atoms with van der Waals surface area (Å²) in [5, 5.41) is 0. The zero-order valence-corrected chi connectivity index (χ0v) is 12.0. The summed E-state index contributed by atoms with van der Waals surface area (Å²) in [5.74, 6) is 0.662. The normalized spacial score (nSPS) is 19.8. The highest BCUT2D eigenvalue weighted by Crippen LogP contribution is 2.17. The quantitative estimate of drug-likeness (QED) is 0.503. The van der Waals surface area contributed by atoms with Crippen molar-refractivity contribution in [1.29, 1.82) is 0 Å². The Labute approximate surface area is 115 Å². The van der Waals surface area contributed by atoms with Gasteiger partial charge in [-0.1, -0.05) is 0 Å². The fraction of sp³-hybridized carbons (Fsp3) is 0.923. The molecule has 1 saturated heterocycles. The van der Waals surface area contributed by atoms with Gasteiger partial charge in [0.15, 0.2) is 0 Å². The molecule has 0 aromatic heterocycles. The zero-order valence-electron chi connectivity index (χ0n) is 11.2. The summed E-state index contributed by atoms with van der Waals surface area (Å²) < 4.78 is 10.9. The standard InChI is InChI=1S/C13H24ClNO3/c1-15(8-11-17-10-7-14)13(16)6-5-12-4-2-3-9-18-12/h12H,2-11H2,1H3. The summed E-state index contributed by atoms with van der Waals surface area (Å²) in [6, 6.07) is 0. The van der Waals surface area contributed by atoms with Crippen molar-refractivity contribution in [3.63, 3.8) is 0 Å². The third-order valence-electron chi connectivity index (χ3n) is 3.17. The van der Waals surface area contributed by atoms with Crippen molar-refractivity contribution >= 4 is 17.5 Å². The average Bonchev–Trinajstić information content (AvgIpc) is 2.42. The maximum absolute atomic E-state index is 11.8. The number of carbonyl (C=O) groups is 1. The summed E-state index contributed by atoms with van der Waals surface area (Å²) >= 11 is 5.50. The molecule has 1 heterocycles. The van der Waals surface area contributed by atoms with Crippen LogP contribution in [0.1, 0.15) is 32.1 Å². The highest BCUT2D eigenvalue weighted by Gasteiger charge is 2.16. The van der Waals surface area contributed by atoms with Crippen LogP contribution in [0, 0.1) is 0 Å². The van der Waals surface area contributed by atoms with Gasteiger partial charge in [0.05, 0.1) is 19.3 Å². The Kier molecular flexibility index (Phi) is 8.38. The van der Waals surface area contributed by atoms with Crippen molar-refractivity contribution in [2.24, 2.45) is 0 Å². The lowest BCUT2D eigenvalue weighted by molar-refractivity contribution is -0.131. The molecule has 0 saturated carbocycles. The zero-order chi connectivity index (χ0) is 13.2. The van der Waals surface area contributed by atoms with Gasteiger partial charge in [0.2, 0.25) is 5.91 Å². The Morgan fingerprint density at radius 3 is 2.94 bits per heavy atom. The molecule has 0 aromatic carbocycles. The van der Waals surface area contributed by atoms with Crippen molar-refractivity contribution in [1.82, 2.24) is 4.90 Å². The van der Waals surface area contributed by atoms with Crippen LogP contribution in [0.25, 0.3) is 0 Å². The van der Waals surface area contributed by atoms with Crippen LogP contribution in [0.2, 0.25) is 0 Å². The molecule has 1 aliphatic heterocycles. The van der Waals surface area contributed by atoms with Crippen molar-refractivity contribution < 1.29 is 14.3 Å². The molecule has 0 spiro atoms.